The van der Waals surface area contributed by atoms with Crippen LogP contribution in [0.1, 0.15) is 30.6 Å². The third-order valence-electron chi connectivity index (χ3n) is 2.84. The minimum atomic E-state index is -0.472. The predicted octanol–water partition coefficient (Wildman–Crippen LogP) is 2.51. The maximum absolute atomic E-state index is 12.2. The Morgan fingerprint density at radius 2 is 2.11 bits per heavy atom. The van der Waals surface area contributed by atoms with E-state index in [0.717, 1.165) is 6.42 Å². The van der Waals surface area contributed by atoms with E-state index in [1.807, 2.05) is 13.8 Å². The number of carbonyl (C=O) groups is 1. The molecule has 0 unspecified atom stereocenters. The molecule has 6 nitrogen and oxygen atoms in total. The van der Waals surface area contributed by atoms with Gasteiger partial charge in [-0.15, -0.1) is 0 Å². The van der Waals surface area contributed by atoms with Gasteiger partial charge in [0.15, 0.2) is 0 Å². The number of hydrogen-bond donors (Lipinski definition) is 1. The van der Waals surface area contributed by atoms with Crippen LogP contribution in [0.4, 0.5) is 11.4 Å². The second-order valence-electron chi connectivity index (χ2n) is 4.20. The van der Waals surface area contributed by atoms with Crippen LogP contribution in [0.2, 0.25) is 0 Å². The minimum absolute atomic E-state index is 0.0659. The van der Waals surface area contributed by atoms with Crippen molar-refractivity contribution in [3.05, 3.63) is 33.9 Å². The molecule has 1 amide bonds. The van der Waals surface area contributed by atoms with Gasteiger partial charge in [0.25, 0.3) is 11.6 Å². The molecule has 19 heavy (non-hydrogen) atoms. The van der Waals surface area contributed by atoms with Crippen molar-refractivity contribution in [1.82, 2.24) is 4.90 Å². The Hall–Kier alpha value is -2.11. The fraction of sp³-hybridized carbons (Fsp3) is 0.462. The lowest BCUT2D eigenvalue weighted by Gasteiger charge is -2.17. The fourth-order valence-electron chi connectivity index (χ4n) is 1.66. The Balaban J connectivity index is 3.25. The normalized spacial score (nSPS) is 10.1. The van der Waals surface area contributed by atoms with Crippen molar-refractivity contribution in [1.29, 1.82) is 0 Å². The molecule has 0 spiro atoms. The summed E-state index contributed by atoms with van der Waals surface area (Å²) in [6.07, 6.45) is 0.823. The third-order valence-corrected chi connectivity index (χ3v) is 2.84. The summed E-state index contributed by atoms with van der Waals surface area (Å²) in [5.41, 5.74) is 0.579. The molecule has 104 valence electrons. The van der Waals surface area contributed by atoms with E-state index in [1.165, 1.54) is 17.0 Å². The number of para-hydroxylation sites is 1. The molecule has 0 aromatic heterocycles. The molecule has 0 aliphatic rings. The molecule has 1 N–H and O–H groups in total. The van der Waals surface area contributed by atoms with Gasteiger partial charge in [-0.1, -0.05) is 13.0 Å². The van der Waals surface area contributed by atoms with Crippen LogP contribution in [-0.4, -0.2) is 35.9 Å². The summed E-state index contributed by atoms with van der Waals surface area (Å²) >= 11 is 0. The first-order valence-electron chi connectivity index (χ1n) is 6.29. The highest BCUT2D eigenvalue weighted by molar-refractivity contribution is 6.01. The molecule has 0 heterocycles. The van der Waals surface area contributed by atoms with Gasteiger partial charge in [0.2, 0.25) is 0 Å². The zero-order valence-corrected chi connectivity index (χ0v) is 11.5. The SMILES string of the molecule is CCCNc1c(C(=O)N(C)CC)cccc1[N+](=O)[O-]. The Morgan fingerprint density at radius 1 is 1.42 bits per heavy atom. The van der Waals surface area contributed by atoms with E-state index in [-0.39, 0.29) is 11.6 Å². The van der Waals surface area contributed by atoms with Gasteiger partial charge >= 0.3 is 0 Å². The number of nitrogens with zero attached hydrogens (tertiary/aromatic N) is 2. The lowest BCUT2D eigenvalue weighted by molar-refractivity contribution is -0.384. The predicted molar refractivity (Wildman–Crippen MR) is 74.5 cm³/mol. The summed E-state index contributed by atoms with van der Waals surface area (Å²) in [5, 5.41) is 14.0. The minimum Gasteiger partial charge on any atom is -0.379 e. The smallest absolute Gasteiger partial charge is 0.293 e. The number of rotatable bonds is 6. The summed E-state index contributed by atoms with van der Waals surface area (Å²) in [7, 11) is 1.67. The van der Waals surface area contributed by atoms with Crippen molar-refractivity contribution in [2.75, 3.05) is 25.5 Å². The molecule has 6 heteroatoms. The number of carbonyl (C=O) groups excluding carboxylic acids is 1. The monoisotopic (exact) mass is 265 g/mol. The molecular weight excluding hydrogens is 246 g/mol. The van der Waals surface area contributed by atoms with Crippen LogP contribution in [0.5, 0.6) is 0 Å². The van der Waals surface area contributed by atoms with Crippen molar-refractivity contribution in [2.45, 2.75) is 20.3 Å². The van der Waals surface area contributed by atoms with Gasteiger partial charge in [-0.2, -0.15) is 0 Å². The molecule has 1 aromatic rings. The molecule has 0 fully saturated rings. The highest BCUT2D eigenvalue weighted by atomic mass is 16.6. The van der Waals surface area contributed by atoms with Crippen molar-refractivity contribution in [2.24, 2.45) is 0 Å². The molecule has 0 bridgehead atoms. The van der Waals surface area contributed by atoms with E-state index in [0.29, 0.717) is 24.3 Å². The standard InChI is InChI=1S/C13H19N3O3/c1-4-9-14-12-10(13(17)15(3)5-2)7-6-8-11(12)16(18)19/h6-8,14H,4-5,9H2,1-3H3. The molecule has 1 rings (SSSR count). The van der Waals surface area contributed by atoms with Gasteiger partial charge in [0.05, 0.1) is 10.5 Å². The average Bonchev–Trinajstić information content (AvgIpc) is 2.42. The van der Waals surface area contributed by atoms with Gasteiger partial charge in [-0.05, 0) is 19.4 Å². The zero-order valence-electron chi connectivity index (χ0n) is 11.5. The van der Waals surface area contributed by atoms with E-state index < -0.39 is 4.92 Å². The van der Waals surface area contributed by atoms with Crippen molar-refractivity contribution in [3.63, 3.8) is 0 Å². The van der Waals surface area contributed by atoms with Crippen LogP contribution >= 0.6 is 0 Å². The van der Waals surface area contributed by atoms with Gasteiger partial charge < -0.3 is 10.2 Å². The van der Waals surface area contributed by atoms with E-state index >= 15 is 0 Å². The van der Waals surface area contributed by atoms with Crippen LogP contribution in [0, 0.1) is 10.1 Å². The molecule has 1 aromatic carbocycles. The summed E-state index contributed by atoms with van der Waals surface area (Å²) < 4.78 is 0. The molecule has 0 atom stereocenters. The quantitative estimate of drug-likeness (QED) is 0.633. The maximum atomic E-state index is 12.2. The molecule has 0 radical (unpaired) electrons. The molecule has 0 aliphatic carbocycles. The second kappa shape index (κ2) is 6.72. The number of benzene rings is 1. The first-order chi connectivity index (χ1) is 9.02. The second-order valence-corrected chi connectivity index (χ2v) is 4.20. The summed E-state index contributed by atoms with van der Waals surface area (Å²) in [6, 6.07) is 4.55. The zero-order chi connectivity index (χ0) is 14.4. The van der Waals surface area contributed by atoms with E-state index in [9.17, 15) is 14.9 Å². The van der Waals surface area contributed by atoms with Gasteiger partial charge in [0.1, 0.15) is 5.69 Å². The average molecular weight is 265 g/mol. The number of hydrogen-bond acceptors (Lipinski definition) is 4. The lowest BCUT2D eigenvalue weighted by Crippen LogP contribution is -2.27. The van der Waals surface area contributed by atoms with Crippen LogP contribution in [0.3, 0.4) is 0 Å². The summed E-state index contributed by atoms with van der Waals surface area (Å²) in [5.74, 6) is -0.218. The van der Waals surface area contributed by atoms with Gasteiger partial charge in [0, 0.05) is 26.2 Å². The van der Waals surface area contributed by atoms with Crippen molar-refractivity contribution in [3.8, 4) is 0 Å². The highest BCUT2D eigenvalue weighted by Crippen LogP contribution is 2.29. The Labute approximate surface area is 112 Å². The summed E-state index contributed by atoms with van der Waals surface area (Å²) in [6.45, 7) is 4.95. The topological polar surface area (TPSA) is 75.5 Å². The molecule has 0 aliphatic heterocycles. The van der Waals surface area contributed by atoms with Crippen molar-refractivity contribution >= 4 is 17.3 Å². The number of anilines is 1. The molecular formula is C13H19N3O3. The maximum Gasteiger partial charge on any atom is 0.293 e. The Bertz CT molecular complexity index is 474. The molecule has 0 saturated carbocycles. The Morgan fingerprint density at radius 3 is 2.63 bits per heavy atom. The fourth-order valence-corrected chi connectivity index (χ4v) is 1.66. The first-order valence-corrected chi connectivity index (χ1v) is 6.29. The molecule has 0 saturated heterocycles. The number of nitro benzene ring substituents is 1. The van der Waals surface area contributed by atoms with Crippen LogP contribution < -0.4 is 5.32 Å². The van der Waals surface area contributed by atoms with E-state index in [1.54, 1.807) is 13.1 Å². The number of amides is 1. The van der Waals surface area contributed by atoms with Crippen LogP contribution in [-0.2, 0) is 0 Å². The van der Waals surface area contributed by atoms with Crippen LogP contribution in [0.25, 0.3) is 0 Å². The third kappa shape index (κ3) is 3.43. The summed E-state index contributed by atoms with van der Waals surface area (Å²) in [4.78, 5) is 24.3. The van der Waals surface area contributed by atoms with Crippen molar-refractivity contribution < 1.29 is 9.72 Å². The first kappa shape index (κ1) is 14.9. The highest BCUT2D eigenvalue weighted by Gasteiger charge is 2.22. The van der Waals surface area contributed by atoms with Gasteiger partial charge in [-0.25, -0.2) is 0 Å². The largest absolute Gasteiger partial charge is 0.379 e. The van der Waals surface area contributed by atoms with E-state index in [4.69, 9.17) is 0 Å². The number of nitrogens with one attached hydrogen (secondary N) is 1. The Kier molecular flexibility index (Phi) is 5.29. The lowest BCUT2D eigenvalue weighted by atomic mass is 10.1. The van der Waals surface area contributed by atoms with E-state index in [2.05, 4.69) is 5.32 Å². The van der Waals surface area contributed by atoms with Crippen LogP contribution in [0.15, 0.2) is 18.2 Å². The number of nitro groups is 1. The van der Waals surface area contributed by atoms with Gasteiger partial charge in [-0.3, -0.25) is 14.9 Å².